The number of ether oxygens (including phenoxy) is 4. The van der Waals surface area contributed by atoms with Crippen molar-refractivity contribution in [1.82, 2.24) is 0 Å². The molecule has 0 radical (unpaired) electrons. The maximum Gasteiger partial charge on any atom is 0.524 e. The first-order valence-electron chi connectivity index (χ1n) is 8.24. The second-order valence-electron chi connectivity index (χ2n) is 4.35. The van der Waals surface area contributed by atoms with Gasteiger partial charge in [-0.3, -0.25) is 9.79 Å². The van der Waals surface area contributed by atoms with Gasteiger partial charge in [-0.2, -0.15) is 0 Å². The highest BCUT2D eigenvalue weighted by atomic mass is 35.5. The fourth-order valence-corrected chi connectivity index (χ4v) is 1.47. The van der Waals surface area contributed by atoms with E-state index in [1.165, 1.54) is 0 Å². The summed E-state index contributed by atoms with van der Waals surface area (Å²) in [6.45, 7) is 3.46. The van der Waals surface area contributed by atoms with Crippen LogP contribution in [0.4, 0.5) is 0 Å². The van der Waals surface area contributed by atoms with Crippen molar-refractivity contribution in [2.75, 3.05) is 79.3 Å². The zero-order valence-corrected chi connectivity index (χ0v) is 18.3. The average Bonchev–Trinajstić information content (AvgIpc) is 2.66. The fourth-order valence-electron chi connectivity index (χ4n) is 1.01. The molecule has 12 nitrogen and oxygen atoms in total. The van der Waals surface area contributed by atoms with Crippen LogP contribution in [0.5, 0.6) is 0 Å². The molecule has 0 rings (SSSR count). The Morgan fingerprint density at radius 3 is 1.07 bits per heavy atom. The van der Waals surface area contributed by atoms with Crippen LogP contribution in [0.3, 0.4) is 0 Å². The third kappa shape index (κ3) is 47.3. The van der Waals surface area contributed by atoms with E-state index >= 15 is 0 Å². The van der Waals surface area contributed by atoms with E-state index in [1.807, 2.05) is 0 Å². The van der Waals surface area contributed by atoms with E-state index in [-0.39, 0.29) is 30.9 Å². The van der Waals surface area contributed by atoms with E-state index in [9.17, 15) is 4.57 Å². The lowest BCUT2D eigenvalue weighted by atomic mass is 10.7. The molecule has 0 atom stereocenters. The zero-order chi connectivity index (χ0) is 22.8. The van der Waals surface area contributed by atoms with Gasteiger partial charge in [-0.25, -0.2) is 4.57 Å². The largest absolute Gasteiger partial charge is 0.524 e. The molecule has 15 heteroatoms. The lowest BCUT2D eigenvalue weighted by Gasteiger charge is -2.01. The number of hydrogen-bond donors (Lipinski definition) is 6. The Bertz CT molecular complexity index is 348. The van der Waals surface area contributed by atoms with Crippen LogP contribution in [0.2, 0.25) is 0 Å². The molecule has 0 bridgehead atoms. The van der Waals surface area contributed by atoms with Gasteiger partial charge in [0.2, 0.25) is 0 Å². The Balaban J connectivity index is -0.000000350. The van der Waals surface area contributed by atoms with Crippen molar-refractivity contribution in [2.45, 2.75) is 0 Å². The molecular weight excluding hydrogens is 462 g/mol. The Kier molecular flexibility index (Phi) is 32.4. The van der Waals surface area contributed by atoms with Crippen LogP contribution in [-0.2, 0) is 28.0 Å². The van der Waals surface area contributed by atoms with E-state index < -0.39 is 7.82 Å². The van der Waals surface area contributed by atoms with E-state index in [1.54, 1.807) is 0 Å². The van der Waals surface area contributed by atoms with Gasteiger partial charge in [-0.15, -0.1) is 0 Å². The number of halogens is 2. The SMILES string of the molecule is O=P(O)(O)OC=C(Cl)Cl.OCCOCCOCCO.OCCOCCOCCO. The summed E-state index contributed by atoms with van der Waals surface area (Å²) in [4.78, 5) is 16.0. The lowest BCUT2D eigenvalue weighted by Crippen LogP contribution is -2.09. The molecule has 0 saturated carbocycles. The highest BCUT2D eigenvalue weighted by Crippen LogP contribution is 2.36. The van der Waals surface area contributed by atoms with Gasteiger partial charge in [0.1, 0.15) is 10.8 Å². The summed E-state index contributed by atoms with van der Waals surface area (Å²) in [5.41, 5.74) is 0. The highest BCUT2D eigenvalue weighted by molar-refractivity contribution is 7.46. The molecule has 29 heavy (non-hydrogen) atoms. The summed E-state index contributed by atoms with van der Waals surface area (Å²) in [6, 6.07) is 0. The first kappa shape index (κ1) is 33.6. The van der Waals surface area contributed by atoms with Crippen molar-refractivity contribution in [3.8, 4) is 0 Å². The molecular formula is C14H31Cl2O12P. The summed E-state index contributed by atoms with van der Waals surface area (Å²) >= 11 is 9.88. The summed E-state index contributed by atoms with van der Waals surface area (Å²) in [5.74, 6) is 0. The number of rotatable bonds is 16. The summed E-state index contributed by atoms with van der Waals surface area (Å²) in [6.07, 6.45) is 0.559. The zero-order valence-electron chi connectivity index (χ0n) is 15.9. The Morgan fingerprint density at radius 2 is 0.931 bits per heavy atom. The smallest absolute Gasteiger partial charge is 0.410 e. The van der Waals surface area contributed by atoms with E-state index in [0.717, 1.165) is 0 Å². The van der Waals surface area contributed by atoms with Crippen molar-refractivity contribution >= 4 is 31.0 Å². The van der Waals surface area contributed by atoms with Crippen LogP contribution in [0.15, 0.2) is 10.8 Å². The van der Waals surface area contributed by atoms with E-state index in [4.69, 9.17) is 72.4 Å². The molecule has 6 N–H and O–H groups in total. The van der Waals surface area contributed by atoms with Crippen molar-refractivity contribution < 1.29 is 58.2 Å². The molecule has 0 unspecified atom stereocenters. The number of phosphoric acid groups is 1. The van der Waals surface area contributed by atoms with Gasteiger partial charge in [-0.05, 0) is 0 Å². The molecule has 0 aliphatic carbocycles. The third-order valence-corrected chi connectivity index (χ3v) is 2.52. The van der Waals surface area contributed by atoms with E-state index in [0.29, 0.717) is 59.1 Å². The molecule has 0 aliphatic rings. The topological polar surface area (TPSA) is 185 Å². The van der Waals surface area contributed by atoms with Crippen LogP contribution in [-0.4, -0.2) is 109 Å². The standard InChI is InChI=1S/2C6H14O4.C2H3Cl2O4P/c2*7-1-3-9-5-6-10-4-2-8;3-2(4)1-8-9(5,6)7/h2*7-8H,1-6H2;1H,(H2,5,6,7). The molecule has 0 aromatic carbocycles. The molecule has 178 valence electrons. The molecule has 0 saturated heterocycles. The quantitative estimate of drug-likeness (QED) is 0.0911. The number of phosphoric ester groups is 1. The van der Waals surface area contributed by atoms with Gasteiger partial charge in [0, 0.05) is 0 Å². The van der Waals surface area contributed by atoms with Crippen molar-refractivity contribution in [3.63, 3.8) is 0 Å². The second kappa shape index (κ2) is 27.9. The van der Waals surface area contributed by atoms with Gasteiger partial charge in [0.05, 0.1) is 79.3 Å². The van der Waals surface area contributed by atoms with Gasteiger partial charge < -0.3 is 43.9 Å². The van der Waals surface area contributed by atoms with Crippen LogP contribution < -0.4 is 0 Å². The summed E-state index contributed by atoms with van der Waals surface area (Å²) < 4.78 is 32.7. The Hall–Kier alpha value is -0.0500. The molecule has 0 spiro atoms. The second-order valence-corrected chi connectivity index (χ2v) is 6.55. The Labute approximate surface area is 179 Å². The highest BCUT2D eigenvalue weighted by Gasteiger charge is 2.11. The van der Waals surface area contributed by atoms with Crippen molar-refractivity contribution in [3.05, 3.63) is 10.8 Å². The maximum absolute atomic E-state index is 9.85. The van der Waals surface area contributed by atoms with Gasteiger partial charge in [0.25, 0.3) is 0 Å². The van der Waals surface area contributed by atoms with Crippen LogP contribution in [0.25, 0.3) is 0 Å². The first-order chi connectivity index (χ1) is 13.7. The monoisotopic (exact) mass is 492 g/mol. The predicted octanol–water partition coefficient (Wildman–Crippen LogP) is -0.619. The van der Waals surface area contributed by atoms with Crippen LogP contribution in [0, 0.1) is 0 Å². The van der Waals surface area contributed by atoms with Crippen molar-refractivity contribution in [1.29, 1.82) is 0 Å². The number of hydrogen-bond acceptors (Lipinski definition) is 10. The minimum absolute atomic E-state index is 0.0417. The molecule has 0 aliphatic heterocycles. The average molecular weight is 493 g/mol. The molecule has 0 aromatic heterocycles. The van der Waals surface area contributed by atoms with E-state index in [2.05, 4.69) is 4.52 Å². The Morgan fingerprint density at radius 1 is 0.655 bits per heavy atom. The molecule has 0 aromatic rings. The first-order valence-corrected chi connectivity index (χ1v) is 10.5. The minimum Gasteiger partial charge on any atom is -0.410 e. The van der Waals surface area contributed by atoms with Gasteiger partial charge >= 0.3 is 7.82 Å². The summed E-state index contributed by atoms with van der Waals surface area (Å²) in [7, 11) is -4.46. The molecule has 0 heterocycles. The minimum atomic E-state index is -4.46. The normalized spacial score (nSPS) is 10.3. The maximum atomic E-state index is 9.85. The molecule has 0 fully saturated rings. The number of aliphatic hydroxyl groups is 4. The molecule has 0 amide bonds. The van der Waals surface area contributed by atoms with Gasteiger partial charge in [-0.1, -0.05) is 23.2 Å². The third-order valence-electron chi connectivity index (χ3n) is 1.97. The van der Waals surface area contributed by atoms with Crippen LogP contribution >= 0.6 is 31.0 Å². The lowest BCUT2D eigenvalue weighted by molar-refractivity contribution is 0.0222. The van der Waals surface area contributed by atoms with Gasteiger partial charge in [0.15, 0.2) is 0 Å². The summed E-state index contributed by atoms with van der Waals surface area (Å²) in [5, 5.41) is 33.1. The number of aliphatic hydroxyl groups excluding tert-OH is 4. The fraction of sp³-hybridized carbons (Fsp3) is 0.857. The van der Waals surface area contributed by atoms with Crippen molar-refractivity contribution in [2.24, 2.45) is 0 Å². The van der Waals surface area contributed by atoms with Crippen LogP contribution in [0.1, 0.15) is 0 Å². The predicted molar refractivity (Wildman–Crippen MR) is 105 cm³/mol.